The van der Waals surface area contributed by atoms with Gasteiger partial charge in [-0.25, -0.2) is 4.79 Å². The molecule has 210 valence electrons. The Bertz CT molecular complexity index is 1240. The van der Waals surface area contributed by atoms with Crippen LogP contribution in [0.4, 0.5) is 4.79 Å². The van der Waals surface area contributed by atoms with Crippen LogP contribution in [0.15, 0.2) is 30.4 Å². The number of benzene rings is 1. The average Bonchev–Trinajstić information content (AvgIpc) is 2.83. The number of halogens is 1. The fraction of sp³-hybridized carbons (Fsp3) is 0.516. The van der Waals surface area contributed by atoms with Crippen molar-refractivity contribution in [2.75, 3.05) is 0 Å². The van der Waals surface area contributed by atoms with E-state index in [2.05, 4.69) is 33.8 Å². The number of nitrogens with one attached hydrogen (secondary N) is 2. The highest BCUT2D eigenvalue weighted by Gasteiger charge is 2.27. The molecule has 4 rings (SSSR count). The molecule has 2 N–H and O–H groups in total. The van der Waals surface area contributed by atoms with Crippen LogP contribution in [0, 0.1) is 13.8 Å². The van der Waals surface area contributed by atoms with Gasteiger partial charge in [0.15, 0.2) is 0 Å². The summed E-state index contributed by atoms with van der Waals surface area (Å²) >= 11 is 6.50. The maximum absolute atomic E-state index is 13.4. The number of nitrogens with zero attached hydrogens (tertiary/aromatic N) is 1. The molecule has 1 fully saturated rings. The first-order valence-corrected chi connectivity index (χ1v) is 14.2. The van der Waals surface area contributed by atoms with Gasteiger partial charge in [0.1, 0.15) is 11.4 Å². The number of allylic oxidation sites excluding steroid dienone is 2. The second kappa shape index (κ2) is 12.4. The first-order valence-electron chi connectivity index (χ1n) is 13.9. The zero-order chi connectivity index (χ0) is 28.2. The SMILES string of the molecule is Cc1cc2c(c(C)n1)CNC(=O)c1cc(Cl)cc(O[C@H]3CC[C@H](NC(=O)OC(C)(C)C)CC3)c1C/C=C\CC2. The molecule has 7 nitrogen and oxygen atoms in total. The van der Waals surface area contributed by atoms with Gasteiger partial charge in [-0.3, -0.25) is 9.78 Å². The molecule has 2 aliphatic rings. The molecule has 2 aromatic rings. The predicted octanol–water partition coefficient (Wildman–Crippen LogP) is 6.54. The van der Waals surface area contributed by atoms with Crippen molar-refractivity contribution >= 4 is 23.6 Å². The Morgan fingerprint density at radius 1 is 1.08 bits per heavy atom. The maximum atomic E-state index is 13.4. The van der Waals surface area contributed by atoms with E-state index in [-0.39, 0.29) is 24.1 Å². The number of rotatable bonds is 3. The van der Waals surface area contributed by atoms with Crippen molar-refractivity contribution in [2.45, 2.75) is 104 Å². The van der Waals surface area contributed by atoms with E-state index >= 15 is 0 Å². The van der Waals surface area contributed by atoms with Crippen molar-refractivity contribution < 1.29 is 19.1 Å². The van der Waals surface area contributed by atoms with Gasteiger partial charge < -0.3 is 20.1 Å². The summed E-state index contributed by atoms with van der Waals surface area (Å²) in [6.07, 6.45) is 9.38. The normalized spacial score (nSPS) is 20.8. The predicted molar refractivity (Wildman–Crippen MR) is 154 cm³/mol. The van der Waals surface area contributed by atoms with Crippen molar-refractivity contribution in [3.63, 3.8) is 0 Å². The molecule has 0 bridgehead atoms. The molecule has 2 heterocycles. The fourth-order valence-corrected chi connectivity index (χ4v) is 5.54. The Balaban J connectivity index is 1.49. The summed E-state index contributed by atoms with van der Waals surface area (Å²) in [5.41, 5.74) is 5.06. The Morgan fingerprint density at radius 3 is 2.54 bits per heavy atom. The largest absolute Gasteiger partial charge is 0.490 e. The molecule has 1 aromatic heterocycles. The lowest BCUT2D eigenvalue weighted by atomic mass is 9.92. The van der Waals surface area contributed by atoms with Gasteiger partial charge in [0.2, 0.25) is 0 Å². The van der Waals surface area contributed by atoms with Gasteiger partial charge in [0, 0.05) is 40.1 Å². The highest BCUT2D eigenvalue weighted by Crippen LogP contribution is 2.33. The van der Waals surface area contributed by atoms with Gasteiger partial charge in [-0.05, 0) is 109 Å². The minimum Gasteiger partial charge on any atom is -0.490 e. The van der Waals surface area contributed by atoms with Gasteiger partial charge in [0.25, 0.3) is 5.91 Å². The number of hydrogen-bond donors (Lipinski definition) is 2. The van der Waals surface area contributed by atoms with Crippen LogP contribution in [0.1, 0.15) is 91.3 Å². The van der Waals surface area contributed by atoms with E-state index in [0.29, 0.717) is 29.3 Å². The number of amides is 2. The van der Waals surface area contributed by atoms with Crippen LogP contribution in [0.3, 0.4) is 0 Å². The average molecular weight is 554 g/mol. The molecule has 1 aliphatic heterocycles. The van der Waals surface area contributed by atoms with Gasteiger partial charge in [-0.15, -0.1) is 0 Å². The van der Waals surface area contributed by atoms with Crippen LogP contribution in [0.2, 0.25) is 5.02 Å². The number of carbonyl (C=O) groups excluding carboxylic acids is 2. The summed E-state index contributed by atoms with van der Waals surface area (Å²) < 4.78 is 11.9. The molecule has 1 saturated carbocycles. The Hall–Kier alpha value is -3.06. The zero-order valence-electron chi connectivity index (χ0n) is 23.7. The first kappa shape index (κ1) is 28.9. The molecule has 0 radical (unpaired) electrons. The topological polar surface area (TPSA) is 89.5 Å². The van der Waals surface area contributed by atoms with Gasteiger partial charge >= 0.3 is 6.09 Å². The lowest BCUT2D eigenvalue weighted by Crippen LogP contribution is -2.42. The summed E-state index contributed by atoms with van der Waals surface area (Å²) in [4.78, 5) is 30.2. The first-order chi connectivity index (χ1) is 18.5. The van der Waals surface area contributed by atoms with E-state index in [1.807, 2.05) is 40.7 Å². The summed E-state index contributed by atoms with van der Waals surface area (Å²) in [5, 5.41) is 6.54. The van der Waals surface area contributed by atoms with Crippen LogP contribution in [0.5, 0.6) is 5.75 Å². The van der Waals surface area contributed by atoms with Crippen LogP contribution in [0.25, 0.3) is 0 Å². The lowest BCUT2D eigenvalue weighted by Gasteiger charge is -2.31. The molecule has 1 aromatic carbocycles. The molecule has 0 unspecified atom stereocenters. The van der Waals surface area contributed by atoms with Crippen LogP contribution < -0.4 is 15.4 Å². The maximum Gasteiger partial charge on any atom is 0.407 e. The minimum absolute atomic E-state index is 0.0264. The number of aromatic nitrogens is 1. The molecule has 0 saturated heterocycles. The van der Waals surface area contributed by atoms with E-state index in [1.54, 1.807) is 6.07 Å². The quantitative estimate of drug-likeness (QED) is 0.421. The number of alkyl carbamates (subject to hydrolysis) is 1. The summed E-state index contributed by atoms with van der Waals surface area (Å²) in [5.74, 6) is 0.467. The van der Waals surface area contributed by atoms with Crippen LogP contribution in [-0.4, -0.2) is 34.7 Å². The number of hydrogen-bond acceptors (Lipinski definition) is 5. The summed E-state index contributed by atoms with van der Waals surface area (Å²) in [6.45, 7) is 9.97. The third kappa shape index (κ3) is 7.98. The van der Waals surface area contributed by atoms with Crippen molar-refractivity contribution in [1.29, 1.82) is 0 Å². The molecule has 2 amide bonds. The third-order valence-corrected chi connectivity index (χ3v) is 7.37. The highest BCUT2D eigenvalue weighted by atomic mass is 35.5. The Labute approximate surface area is 236 Å². The van der Waals surface area contributed by atoms with Crippen molar-refractivity contribution in [3.8, 4) is 5.75 Å². The smallest absolute Gasteiger partial charge is 0.407 e. The van der Waals surface area contributed by atoms with Gasteiger partial charge in [0.05, 0.1) is 6.10 Å². The number of carbonyl (C=O) groups is 2. The number of aryl methyl sites for hydroxylation is 3. The lowest BCUT2D eigenvalue weighted by molar-refractivity contribution is 0.0470. The zero-order valence-corrected chi connectivity index (χ0v) is 24.4. The van der Waals surface area contributed by atoms with Crippen LogP contribution >= 0.6 is 11.6 Å². The van der Waals surface area contributed by atoms with E-state index in [0.717, 1.165) is 61.0 Å². The molecule has 0 atom stereocenters. The van der Waals surface area contributed by atoms with E-state index in [9.17, 15) is 9.59 Å². The van der Waals surface area contributed by atoms with E-state index in [1.165, 1.54) is 5.56 Å². The van der Waals surface area contributed by atoms with E-state index in [4.69, 9.17) is 21.1 Å². The van der Waals surface area contributed by atoms with Crippen molar-refractivity contribution in [1.82, 2.24) is 15.6 Å². The third-order valence-electron chi connectivity index (χ3n) is 7.15. The molecule has 39 heavy (non-hydrogen) atoms. The molecule has 0 spiro atoms. The van der Waals surface area contributed by atoms with Crippen molar-refractivity contribution in [2.24, 2.45) is 0 Å². The monoisotopic (exact) mass is 553 g/mol. The standard InChI is InChI=1S/C31H40ClN3O4/c1-19-15-21-9-7-6-8-10-25-26(29(36)33-18-27(21)20(2)34-19)16-22(32)17-28(25)38-24-13-11-23(12-14-24)35-30(37)39-31(3,4)5/h6,8,15-17,23-24H,7,9-14,18H2,1-5H3,(H,33,36)(H,35,37)/b8-6-/t23-,24-. The number of fused-ring (bicyclic) bond motifs is 2. The Kier molecular flexibility index (Phi) is 9.21. The molecule has 1 aliphatic carbocycles. The molecular weight excluding hydrogens is 514 g/mol. The second-order valence-electron chi connectivity index (χ2n) is 11.6. The minimum atomic E-state index is -0.525. The summed E-state index contributed by atoms with van der Waals surface area (Å²) in [6, 6.07) is 5.70. The molecular formula is C31H40ClN3O4. The number of ether oxygens (including phenoxy) is 2. The fourth-order valence-electron chi connectivity index (χ4n) is 5.33. The van der Waals surface area contributed by atoms with E-state index < -0.39 is 5.60 Å². The van der Waals surface area contributed by atoms with Crippen molar-refractivity contribution in [3.05, 3.63) is 69.0 Å². The molecule has 8 heteroatoms. The summed E-state index contributed by atoms with van der Waals surface area (Å²) in [7, 11) is 0. The van der Waals surface area contributed by atoms with Gasteiger partial charge in [-0.1, -0.05) is 23.8 Å². The van der Waals surface area contributed by atoms with Gasteiger partial charge in [-0.2, -0.15) is 0 Å². The Morgan fingerprint density at radius 2 is 1.82 bits per heavy atom. The second-order valence-corrected chi connectivity index (χ2v) is 12.0. The van der Waals surface area contributed by atoms with Crippen LogP contribution in [-0.2, 0) is 24.1 Å². The number of pyridine rings is 1. The highest BCUT2D eigenvalue weighted by molar-refractivity contribution is 6.31.